The number of aryl methyl sites for hydroxylation is 1. The molecule has 4 nitrogen and oxygen atoms in total. The maximum atomic E-state index is 13.8. The summed E-state index contributed by atoms with van der Waals surface area (Å²) in [5.41, 5.74) is 2.92. The smallest absolute Gasteiger partial charge is 0.271 e. The van der Waals surface area contributed by atoms with Crippen LogP contribution in [0.1, 0.15) is 22.5 Å². The van der Waals surface area contributed by atoms with Gasteiger partial charge in [-0.25, -0.2) is 4.39 Å². The van der Waals surface area contributed by atoms with E-state index in [-0.39, 0.29) is 11.7 Å². The van der Waals surface area contributed by atoms with Gasteiger partial charge in [0.15, 0.2) is 5.69 Å². The monoisotopic (exact) mass is 335 g/mol. The van der Waals surface area contributed by atoms with E-state index in [2.05, 4.69) is 15.5 Å². The molecule has 0 aliphatic heterocycles. The highest BCUT2D eigenvalue weighted by Crippen LogP contribution is 2.22. The summed E-state index contributed by atoms with van der Waals surface area (Å²) in [6, 6.07) is 17.9. The minimum Gasteiger partial charge on any atom is -0.351 e. The van der Waals surface area contributed by atoms with Crippen molar-refractivity contribution in [3.8, 4) is 11.1 Å². The molecule has 126 valence electrons. The Labute approximate surface area is 145 Å². The molecule has 3 aromatic rings. The Morgan fingerprint density at radius 2 is 1.80 bits per heavy atom. The Bertz CT molecular complexity index is 835. The number of halogens is 1. The summed E-state index contributed by atoms with van der Waals surface area (Å²) in [4.78, 5) is 11.8. The van der Waals surface area contributed by atoms with Crippen molar-refractivity contribution in [1.82, 2.24) is 15.5 Å². The van der Waals surface area contributed by atoms with Gasteiger partial charge in [-0.2, -0.15) is 5.10 Å². The van der Waals surface area contributed by atoms with Gasteiger partial charge < -0.3 is 5.32 Å². The maximum Gasteiger partial charge on any atom is 0.271 e. The number of hydrogen-bond acceptors (Lipinski definition) is 3. The maximum absolute atomic E-state index is 13.8. The molecule has 0 bridgehead atoms. The number of hydrogen-bond donors (Lipinski definition) is 1. The van der Waals surface area contributed by atoms with E-state index in [9.17, 15) is 9.18 Å². The van der Waals surface area contributed by atoms with E-state index >= 15 is 0 Å². The molecule has 0 spiro atoms. The summed E-state index contributed by atoms with van der Waals surface area (Å²) < 4.78 is 13.8. The van der Waals surface area contributed by atoms with Crippen LogP contribution in [0.15, 0.2) is 66.9 Å². The fourth-order valence-electron chi connectivity index (χ4n) is 2.55. The molecule has 0 atom stereocenters. The Morgan fingerprint density at radius 1 is 1.00 bits per heavy atom. The highest BCUT2D eigenvalue weighted by atomic mass is 19.1. The van der Waals surface area contributed by atoms with Crippen molar-refractivity contribution in [3.05, 3.63) is 83.9 Å². The molecule has 0 saturated heterocycles. The molecule has 1 heterocycles. The Hall–Kier alpha value is -3.08. The third-order valence-corrected chi connectivity index (χ3v) is 3.87. The van der Waals surface area contributed by atoms with Crippen molar-refractivity contribution in [1.29, 1.82) is 0 Å². The molecule has 3 rings (SSSR count). The summed E-state index contributed by atoms with van der Waals surface area (Å²) in [5.74, 6) is -0.440. The average Bonchev–Trinajstić information content (AvgIpc) is 2.67. The van der Waals surface area contributed by atoms with Gasteiger partial charge in [-0.1, -0.05) is 42.5 Å². The fourth-order valence-corrected chi connectivity index (χ4v) is 2.55. The largest absolute Gasteiger partial charge is 0.351 e. The second kappa shape index (κ2) is 8.15. The summed E-state index contributed by atoms with van der Waals surface area (Å²) in [7, 11) is 0. The van der Waals surface area contributed by atoms with E-state index in [0.717, 1.165) is 24.0 Å². The Morgan fingerprint density at radius 3 is 2.52 bits per heavy atom. The van der Waals surface area contributed by atoms with Crippen LogP contribution in [-0.4, -0.2) is 22.6 Å². The number of benzene rings is 2. The third-order valence-electron chi connectivity index (χ3n) is 3.87. The number of carbonyl (C=O) groups excluding carboxylic acids is 1. The SMILES string of the molecule is O=C(NCCCc1ccc(-c2ccccc2F)cc1)c1cccnn1. The molecular formula is C20H18FN3O. The minimum absolute atomic E-state index is 0.219. The molecule has 0 aliphatic rings. The van der Waals surface area contributed by atoms with Crippen LogP contribution in [0.25, 0.3) is 11.1 Å². The normalized spacial score (nSPS) is 10.4. The van der Waals surface area contributed by atoms with Crippen LogP contribution >= 0.6 is 0 Å². The van der Waals surface area contributed by atoms with E-state index in [1.165, 1.54) is 12.3 Å². The molecule has 25 heavy (non-hydrogen) atoms. The molecule has 0 saturated carbocycles. The van der Waals surface area contributed by atoms with Gasteiger partial charge in [0.2, 0.25) is 0 Å². The average molecular weight is 335 g/mol. The Balaban J connectivity index is 1.49. The van der Waals surface area contributed by atoms with Crippen LogP contribution in [0.4, 0.5) is 4.39 Å². The molecule has 0 radical (unpaired) electrons. The highest BCUT2D eigenvalue weighted by molar-refractivity contribution is 5.91. The first-order valence-electron chi connectivity index (χ1n) is 8.14. The number of aromatic nitrogens is 2. The van der Waals surface area contributed by atoms with Gasteiger partial charge in [-0.15, -0.1) is 5.10 Å². The minimum atomic E-state index is -0.220. The van der Waals surface area contributed by atoms with Crippen LogP contribution in [-0.2, 0) is 6.42 Å². The predicted molar refractivity (Wildman–Crippen MR) is 94.5 cm³/mol. The van der Waals surface area contributed by atoms with Gasteiger partial charge in [0.05, 0.1) is 0 Å². The van der Waals surface area contributed by atoms with Gasteiger partial charge in [-0.3, -0.25) is 4.79 Å². The molecule has 2 aromatic carbocycles. The predicted octanol–water partition coefficient (Wildman–Crippen LogP) is 3.65. The van der Waals surface area contributed by atoms with Gasteiger partial charge in [0, 0.05) is 18.3 Å². The van der Waals surface area contributed by atoms with Crippen molar-refractivity contribution in [2.24, 2.45) is 0 Å². The van der Waals surface area contributed by atoms with E-state index in [1.807, 2.05) is 30.3 Å². The van der Waals surface area contributed by atoms with Crippen molar-refractivity contribution in [3.63, 3.8) is 0 Å². The first kappa shape index (κ1) is 16.8. The quantitative estimate of drug-likeness (QED) is 0.700. The molecular weight excluding hydrogens is 317 g/mol. The lowest BCUT2D eigenvalue weighted by molar-refractivity contribution is 0.0947. The standard InChI is InChI=1S/C20H18FN3O/c21-18-7-2-1-6-17(18)16-11-9-15(10-12-16)5-3-13-22-20(25)19-8-4-14-23-24-19/h1-2,4,6-12,14H,3,5,13H2,(H,22,25). The lowest BCUT2D eigenvalue weighted by Crippen LogP contribution is -2.25. The first-order chi connectivity index (χ1) is 12.2. The van der Waals surface area contributed by atoms with E-state index in [0.29, 0.717) is 17.8 Å². The van der Waals surface area contributed by atoms with Crippen LogP contribution in [0, 0.1) is 5.82 Å². The molecule has 0 unspecified atom stereocenters. The van der Waals surface area contributed by atoms with E-state index in [4.69, 9.17) is 0 Å². The summed E-state index contributed by atoms with van der Waals surface area (Å²) in [6.45, 7) is 0.560. The van der Waals surface area contributed by atoms with Crippen LogP contribution < -0.4 is 5.32 Å². The number of rotatable bonds is 6. The zero-order valence-corrected chi connectivity index (χ0v) is 13.7. The Kier molecular flexibility index (Phi) is 5.46. The second-order valence-corrected chi connectivity index (χ2v) is 5.65. The molecule has 5 heteroatoms. The first-order valence-corrected chi connectivity index (χ1v) is 8.14. The number of amides is 1. The van der Waals surface area contributed by atoms with Crippen LogP contribution in [0.5, 0.6) is 0 Å². The zero-order valence-electron chi connectivity index (χ0n) is 13.7. The number of carbonyl (C=O) groups is 1. The molecule has 1 N–H and O–H groups in total. The van der Waals surface area contributed by atoms with Crippen molar-refractivity contribution < 1.29 is 9.18 Å². The molecule has 0 aliphatic carbocycles. The molecule has 0 fully saturated rings. The lowest BCUT2D eigenvalue weighted by Gasteiger charge is -2.07. The van der Waals surface area contributed by atoms with Gasteiger partial charge in [0.25, 0.3) is 5.91 Å². The summed E-state index contributed by atoms with van der Waals surface area (Å²) in [6.07, 6.45) is 3.17. The van der Waals surface area contributed by atoms with E-state index in [1.54, 1.807) is 24.3 Å². The van der Waals surface area contributed by atoms with Crippen molar-refractivity contribution in [2.45, 2.75) is 12.8 Å². The van der Waals surface area contributed by atoms with Gasteiger partial charge in [0.1, 0.15) is 5.82 Å². The third kappa shape index (κ3) is 4.47. The molecule has 1 amide bonds. The number of nitrogens with zero attached hydrogens (tertiary/aromatic N) is 2. The zero-order chi connectivity index (χ0) is 17.5. The number of nitrogens with one attached hydrogen (secondary N) is 1. The summed E-state index contributed by atoms with van der Waals surface area (Å²) >= 11 is 0. The van der Waals surface area contributed by atoms with Gasteiger partial charge >= 0.3 is 0 Å². The van der Waals surface area contributed by atoms with Crippen LogP contribution in [0.2, 0.25) is 0 Å². The summed E-state index contributed by atoms with van der Waals surface area (Å²) in [5, 5.41) is 10.3. The topological polar surface area (TPSA) is 54.9 Å². The highest BCUT2D eigenvalue weighted by Gasteiger charge is 2.06. The van der Waals surface area contributed by atoms with Gasteiger partial charge in [-0.05, 0) is 42.2 Å². The van der Waals surface area contributed by atoms with Crippen LogP contribution in [0.3, 0.4) is 0 Å². The lowest BCUT2D eigenvalue weighted by atomic mass is 10.0. The molecule has 1 aromatic heterocycles. The fraction of sp³-hybridized carbons (Fsp3) is 0.150. The van der Waals surface area contributed by atoms with Crippen molar-refractivity contribution >= 4 is 5.91 Å². The second-order valence-electron chi connectivity index (χ2n) is 5.65. The van der Waals surface area contributed by atoms with Crippen molar-refractivity contribution in [2.75, 3.05) is 6.54 Å². The van der Waals surface area contributed by atoms with E-state index < -0.39 is 0 Å².